The van der Waals surface area contributed by atoms with Crippen molar-refractivity contribution < 1.29 is 31.8 Å². The molecule has 0 bridgehead atoms. The molecule has 2 aliphatic rings. The summed E-state index contributed by atoms with van der Waals surface area (Å²) in [7, 11) is 1.26. The van der Waals surface area contributed by atoms with Gasteiger partial charge in [0, 0.05) is 24.0 Å². The molecule has 1 aromatic heterocycles. The van der Waals surface area contributed by atoms with Crippen molar-refractivity contribution in [1.82, 2.24) is 4.98 Å². The summed E-state index contributed by atoms with van der Waals surface area (Å²) in [5.74, 6) is -2.89. The van der Waals surface area contributed by atoms with Gasteiger partial charge in [0.05, 0.1) is 13.3 Å². The number of hydrogen-bond donors (Lipinski definition) is 1. The van der Waals surface area contributed by atoms with E-state index in [2.05, 4.69) is 9.98 Å². The normalized spacial score (nSPS) is 24.7. The molecule has 2 N–H and O–H groups in total. The van der Waals surface area contributed by atoms with Gasteiger partial charge in [-0.25, -0.2) is 27.5 Å². The highest BCUT2D eigenvalue weighted by atomic mass is 19.3. The van der Waals surface area contributed by atoms with Crippen molar-refractivity contribution in [2.75, 3.05) is 7.11 Å². The van der Waals surface area contributed by atoms with Crippen molar-refractivity contribution in [1.29, 1.82) is 0 Å². The van der Waals surface area contributed by atoms with Crippen LogP contribution in [-0.2, 0) is 16.7 Å². The van der Waals surface area contributed by atoms with Crippen LogP contribution >= 0.6 is 0 Å². The van der Waals surface area contributed by atoms with Gasteiger partial charge in [-0.1, -0.05) is 6.07 Å². The first-order chi connectivity index (χ1) is 14.3. The van der Waals surface area contributed by atoms with E-state index < -0.39 is 47.4 Å². The van der Waals surface area contributed by atoms with Crippen LogP contribution in [0.2, 0.25) is 0 Å². The van der Waals surface area contributed by atoms with Crippen LogP contribution in [0.15, 0.2) is 35.5 Å². The van der Waals surface area contributed by atoms with E-state index in [9.17, 15) is 22.4 Å². The highest BCUT2D eigenvalue weighted by Gasteiger charge is 2.64. The van der Waals surface area contributed by atoms with Crippen molar-refractivity contribution in [3.05, 3.63) is 58.9 Å². The maximum atomic E-state index is 14.7. The van der Waals surface area contributed by atoms with E-state index in [1.54, 1.807) is 0 Å². The fourth-order valence-electron chi connectivity index (χ4n) is 3.84. The number of pyridine rings is 1. The zero-order chi connectivity index (χ0) is 21.6. The maximum absolute atomic E-state index is 14.7. The second-order valence-corrected chi connectivity index (χ2v) is 7.19. The van der Waals surface area contributed by atoms with E-state index in [-0.39, 0.29) is 35.4 Å². The quantitative estimate of drug-likeness (QED) is 0.570. The average Bonchev–Trinajstić information content (AvgIpc) is 3.48. The summed E-state index contributed by atoms with van der Waals surface area (Å²) in [6.07, 6.45) is -2.73. The fraction of sp³-hybridized carbons (Fsp3) is 0.350. The minimum Gasteiger partial charge on any atom is -0.494 e. The van der Waals surface area contributed by atoms with E-state index in [4.69, 9.17) is 15.2 Å². The molecule has 2 aromatic rings. The third kappa shape index (κ3) is 3.25. The first-order valence-electron chi connectivity index (χ1n) is 9.08. The molecular weight excluding hydrogens is 406 g/mol. The van der Waals surface area contributed by atoms with Gasteiger partial charge in [0.1, 0.15) is 23.4 Å². The molecule has 1 saturated carbocycles. The van der Waals surface area contributed by atoms with Gasteiger partial charge in [0.2, 0.25) is 0 Å². The summed E-state index contributed by atoms with van der Waals surface area (Å²) in [4.78, 5) is 20.2. The molecule has 0 spiro atoms. The number of hydrogen-bond acceptors (Lipinski definition) is 6. The number of halogens is 4. The number of amidine groups is 1. The number of ketones is 1. The Morgan fingerprint density at radius 1 is 1.37 bits per heavy atom. The molecule has 30 heavy (non-hydrogen) atoms. The van der Waals surface area contributed by atoms with Crippen LogP contribution in [0, 0.1) is 17.6 Å². The lowest BCUT2D eigenvalue weighted by Crippen LogP contribution is -2.43. The van der Waals surface area contributed by atoms with Crippen LogP contribution in [-0.4, -0.2) is 36.4 Å². The highest BCUT2D eigenvalue weighted by Crippen LogP contribution is 2.56. The number of benzene rings is 1. The molecule has 158 valence electrons. The molecule has 1 aromatic carbocycles. The molecule has 3 atom stereocenters. The Hall–Kier alpha value is -3.17. The lowest BCUT2D eigenvalue weighted by Gasteiger charge is -2.33. The topological polar surface area (TPSA) is 86.8 Å². The second-order valence-electron chi connectivity index (χ2n) is 7.19. The van der Waals surface area contributed by atoms with Crippen molar-refractivity contribution >= 4 is 11.8 Å². The van der Waals surface area contributed by atoms with Gasteiger partial charge < -0.3 is 15.2 Å². The van der Waals surface area contributed by atoms with Gasteiger partial charge in [0.15, 0.2) is 17.1 Å². The number of nitrogens with zero attached hydrogens (tertiary/aromatic N) is 2. The zero-order valence-electron chi connectivity index (χ0n) is 15.7. The number of methoxy groups -OCH3 is 1. The fourth-order valence-corrected chi connectivity index (χ4v) is 3.84. The minimum absolute atomic E-state index is 0.0611. The third-order valence-electron chi connectivity index (χ3n) is 5.33. The van der Waals surface area contributed by atoms with Gasteiger partial charge >= 0.3 is 0 Å². The second kappa shape index (κ2) is 7.26. The Morgan fingerprint density at radius 2 is 2.13 bits per heavy atom. The molecule has 0 unspecified atom stereocenters. The van der Waals surface area contributed by atoms with Gasteiger partial charge in [-0.3, -0.25) is 4.79 Å². The Bertz CT molecular complexity index is 1050. The van der Waals surface area contributed by atoms with Crippen LogP contribution in [0.5, 0.6) is 5.75 Å². The Kier molecular flexibility index (Phi) is 4.87. The number of carbonyl (C=O) groups excluding carboxylic acids is 1. The molecule has 4 rings (SSSR count). The Morgan fingerprint density at radius 3 is 2.83 bits per heavy atom. The van der Waals surface area contributed by atoms with E-state index in [0.29, 0.717) is 0 Å². The van der Waals surface area contributed by atoms with Gasteiger partial charge in [-0.15, -0.1) is 0 Å². The molecule has 0 saturated heterocycles. The van der Waals surface area contributed by atoms with Gasteiger partial charge in [0.25, 0.3) is 12.4 Å². The molecule has 1 aliphatic heterocycles. The lowest BCUT2D eigenvalue weighted by atomic mass is 9.83. The summed E-state index contributed by atoms with van der Waals surface area (Å²) in [6.45, 7) is 0. The number of aliphatic imine (C=N–C) groups is 1. The predicted octanol–water partition coefficient (Wildman–Crippen LogP) is 2.99. The highest BCUT2D eigenvalue weighted by molar-refractivity contribution is 5.98. The first-order valence-corrected chi connectivity index (χ1v) is 9.08. The molecular formula is C20H17F4N3O3. The molecule has 1 fully saturated rings. The Labute approximate surface area is 168 Å². The van der Waals surface area contributed by atoms with Crippen molar-refractivity contribution in [2.45, 2.75) is 30.9 Å². The molecule has 10 heteroatoms. The van der Waals surface area contributed by atoms with Crippen LogP contribution < -0.4 is 10.5 Å². The van der Waals surface area contributed by atoms with E-state index >= 15 is 0 Å². The summed E-state index contributed by atoms with van der Waals surface area (Å²) in [5.41, 5.74) is 3.18. The predicted molar refractivity (Wildman–Crippen MR) is 97.5 cm³/mol. The van der Waals surface area contributed by atoms with E-state index in [1.807, 2.05) is 0 Å². The summed E-state index contributed by atoms with van der Waals surface area (Å²) < 4.78 is 66.5. The maximum Gasteiger partial charge on any atom is 0.283 e. The van der Waals surface area contributed by atoms with Crippen LogP contribution in [0.3, 0.4) is 0 Å². The average molecular weight is 423 g/mol. The monoisotopic (exact) mass is 423 g/mol. The van der Waals surface area contributed by atoms with Crippen molar-refractivity contribution in [3.8, 4) is 5.75 Å². The smallest absolute Gasteiger partial charge is 0.283 e. The summed E-state index contributed by atoms with van der Waals surface area (Å²) >= 11 is 0. The standard InChI is InChI=1S/C20H17F4N3O3/c1-29-16-6-10(21)8-26-17(16)14(28)5-9-2-3-13(22)11(4-9)20(18(23)24)12-7-15(12)30-19(25)27-20/h2-4,6,8,12,15,18H,5,7H2,1H3,(H2,25,27)/t12-,15+,20+/m0/s1. The number of Topliss-reactive ketones (excluding diaryl/α,β-unsaturated/α-hetero) is 1. The number of fused-ring (bicyclic) bond motifs is 1. The van der Waals surface area contributed by atoms with Crippen molar-refractivity contribution in [2.24, 2.45) is 16.6 Å². The largest absolute Gasteiger partial charge is 0.494 e. The minimum atomic E-state index is -3.03. The molecule has 2 heterocycles. The number of rotatable bonds is 6. The Balaban J connectivity index is 1.71. The molecule has 0 radical (unpaired) electrons. The lowest BCUT2D eigenvalue weighted by molar-refractivity contribution is 0.0176. The number of carbonyl (C=O) groups is 1. The van der Waals surface area contributed by atoms with E-state index in [0.717, 1.165) is 18.3 Å². The molecule has 6 nitrogen and oxygen atoms in total. The van der Waals surface area contributed by atoms with E-state index in [1.165, 1.54) is 19.2 Å². The summed E-state index contributed by atoms with van der Waals surface area (Å²) in [5, 5.41) is 0. The first kappa shape index (κ1) is 20.1. The number of alkyl halides is 2. The number of aromatic nitrogens is 1. The van der Waals surface area contributed by atoms with Gasteiger partial charge in [-0.2, -0.15) is 0 Å². The SMILES string of the molecule is COc1cc(F)cnc1C(=O)Cc1ccc(F)c([C@@]2(C(F)F)N=C(N)O[C@@H]3C[C@@H]32)c1. The van der Waals surface area contributed by atoms with Crippen molar-refractivity contribution in [3.63, 3.8) is 0 Å². The van der Waals surface area contributed by atoms with Crippen LogP contribution in [0.4, 0.5) is 17.6 Å². The van der Waals surface area contributed by atoms with Crippen LogP contribution in [0.1, 0.15) is 28.0 Å². The third-order valence-corrected chi connectivity index (χ3v) is 5.33. The summed E-state index contributed by atoms with van der Waals surface area (Å²) in [6, 6.07) is 4.09. The van der Waals surface area contributed by atoms with Gasteiger partial charge in [-0.05, 0) is 24.1 Å². The number of ether oxygens (including phenoxy) is 2. The molecule has 0 amide bonds. The number of nitrogens with two attached hydrogens (primary N) is 1. The molecule has 1 aliphatic carbocycles. The zero-order valence-corrected chi connectivity index (χ0v) is 15.7. The van der Waals surface area contributed by atoms with Crippen LogP contribution in [0.25, 0.3) is 0 Å².